The third kappa shape index (κ3) is 9.38. The molecule has 2 aromatic carbocycles. The maximum Gasteiger partial charge on any atom is 0.238 e. The van der Waals surface area contributed by atoms with Crippen molar-refractivity contribution in [3.8, 4) is 11.3 Å². The number of amides is 5. The van der Waals surface area contributed by atoms with Gasteiger partial charge in [0, 0.05) is 100 Å². The maximum atomic E-state index is 15.3. The molecule has 9 heterocycles. The largest absolute Gasteiger partial charge is 0.354 e. The molecule has 18 heteroatoms. The highest BCUT2D eigenvalue weighted by atomic mass is 19.1. The van der Waals surface area contributed by atoms with E-state index in [1.165, 1.54) is 25.3 Å². The molecule has 1 saturated carbocycles. The number of carbonyl (C=O) groups excluding carboxylic acids is 5. The molecule has 5 amide bonds. The number of imide groups is 1. The number of fused-ring (bicyclic) bond motifs is 3. The topological polar surface area (TPSA) is 172 Å². The van der Waals surface area contributed by atoms with Gasteiger partial charge in [-0.15, -0.1) is 0 Å². The Labute approximate surface area is 443 Å². The van der Waals surface area contributed by atoms with E-state index in [2.05, 4.69) is 67.3 Å². The van der Waals surface area contributed by atoms with Crippen LogP contribution in [0.2, 0.25) is 0 Å². The number of pyridine rings is 2. The number of rotatable bonds is 11. The van der Waals surface area contributed by atoms with Gasteiger partial charge in [0.05, 0.1) is 41.1 Å². The predicted octanol–water partition coefficient (Wildman–Crippen LogP) is 6.76. The molecule has 7 aliphatic rings. The van der Waals surface area contributed by atoms with Crippen molar-refractivity contribution < 1.29 is 28.4 Å². The first-order valence-electron chi connectivity index (χ1n) is 27.9. The minimum absolute atomic E-state index is 0.0794. The Morgan fingerprint density at radius 1 is 0.816 bits per heavy atom. The summed E-state index contributed by atoms with van der Waals surface area (Å²) in [6, 6.07) is 19.4. The van der Waals surface area contributed by atoms with Gasteiger partial charge in [0.2, 0.25) is 29.5 Å². The van der Waals surface area contributed by atoms with Crippen molar-refractivity contribution in [2.24, 2.45) is 5.92 Å². The fraction of sp³-hybridized carbons (Fsp3) is 0.517. The summed E-state index contributed by atoms with van der Waals surface area (Å²) < 4.78 is 17.2. The molecule has 6 aliphatic heterocycles. The minimum Gasteiger partial charge on any atom is -0.354 e. The van der Waals surface area contributed by atoms with Gasteiger partial charge in [-0.05, 0) is 126 Å². The lowest BCUT2D eigenvalue weighted by molar-refractivity contribution is -0.143. The van der Waals surface area contributed by atoms with Crippen LogP contribution in [0, 0.1) is 11.7 Å². The van der Waals surface area contributed by atoms with E-state index in [4.69, 9.17) is 9.97 Å². The van der Waals surface area contributed by atoms with Crippen LogP contribution in [0.4, 0.5) is 27.4 Å². The van der Waals surface area contributed by atoms with E-state index in [1.54, 1.807) is 30.7 Å². The number of benzene rings is 2. The number of piperidine rings is 4. The highest BCUT2D eigenvalue weighted by Gasteiger charge is 2.56. The lowest BCUT2D eigenvalue weighted by Gasteiger charge is -2.48. The number of nitrogens with one attached hydrogen (secondary N) is 2. The molecule has 1 aliphatic carbocycles. The molecule has 76 heavy (non-hydrogen) atoms. The molecule has 12 rings (SSSR count). The number of imidazole rings is 1. The summed E-state index contributed by atoms with van der Waals surface area (Å²) in [7, 11) is 0. The maximum absolute atomic E-state index is 15.3. The average molecular weight is 1030 g/mol. The number of para-hydroxylation sites is 1. The first-order valence-corrected chi connectivity index (χ1v) is 27.9. The molecule has 0 bridgehead atoms. The highest BCUT2D eigenvalue weighted by Crippen LogP contribution is 2.52. The SMILES string of the molecule is CC(C)n1cnc2cc(-c3ccc4c(c3)N(C3CC(N5CCCCC5)C3)C(=O)C43CCN(C(=O)C4CCN(C(=O)CN5CCN(c6ccc([C@H]7CCC(=O)NC7=O)cn6)CC5)CC4)CC3)nc(Nc3ccccc3F)c21. The number of halogens is 1. The van der Waals surface area contributed by atoms with Gasteiger partial charge in [-0.2, -0.15) is 0 Å². The second kappa shape index (κ2) is 20.6. The Hall–Kier alpha value is -6.79. The average Bonchev–Trinajstić information content (AvgIpc) is 3.98. The summed E-state index contributed by atoms with van der Waals surface area (Å²) in [4.78, 5) is 94.7. The number of anilines is 4. The summed E-state index contributed by atoms with van der Waals surface area (Å²) in [5.74, 6) is 0.264. The molecule has 3 aromatic heterocycles. The van der Waals surface area contributed by atoms with E-state index in [1.807, 2.05) is 32.6 Å². The van der Waals surface area contributed by atoms with Gasteiger partial charge in [-0.1, -0.05) is 36.8 Å². The van der Waals surface area contributed by atoms with Crippen LogP contribution in [-0.4, -0.2) is 153 Å². The van der Waals surface area contributed by atoms with Gasteiger partial charge < -0.3 is 34.4 Å². The Morgan fingerprint density at radius 2 is 1.58 bits per heavy atom. The van der Waals surface area contributed by atoms with Gasteiger partial charge in [-0.25, -0.2) is 19.3 Å². The van der Waals surface area contributed by atoms with E-state index in [9.17, 15) is 19.2 Å². The quantitative estimate of drug-likeness (QED) is 0.133. The monoisotopic (exact) mass is 1030 g/mol. The van der Waals surface area contributed by atoms with Gasteiger partial charge in [0.15, 0.2) is 5.82 Å². The summed E-state index contributed by atoms with van der Waals surface area (Å²) in [5.41, 5.74) is 5.38. The van der Waals surface area contributed by atoms with Crippen molar-refractivity contribution in [3.63, 3.8) is 0 Å². The molecule has 2 N–H and O–H groups in total. The molecule has 6 fully saturated rings. The van der Waals surface area contributed by atoms with Crippen molar-refractivity contribution >= 4 is 63.6 Å². The summed E-state index contributed by atoms with van der Waals surface area (Å²) in [6.45, 7) is 11.7. The van der Waals surface area contributed by atoms with Crippen LogP contribution >= 0.6 is 0 Å². The second-order valence-corrected chi connectivity index (χ2v) is 22.6. The van der Waals surface area contributed by atoms with E-state index >= 15 is 9.18 Å². The van der Waals surface area contributed by atoms with Gasteiger partial charge in [-0.3, -0.25) is 34.2 Å². The zero-order valence-corrected chi connectivity index (χ0v) is 43.8. The Bertz CT molecular complexity index is 3040. The van der Waals surface area contributed by atoms with E-state index in [-0.39, 0.29) is 59.3 Å². The van der Waals surface area contributed by atoms with Crippen LogP contribution in [0.15, 0.2) is 73.2 Å². The smallest absolute Gasteiger partial charge is 0.238 e. The molecule has 5 saturated heterocycles. The Kier molecular flexibility index (Phi) is 13.6. The van der Waals surface area contributed by atoms with E-state index in [0.29, 0.717) is 94.5 Å². The summed E-state index contributed by atoms with van der Waals surface area (Å²) in [5, 5.41) is 5.71. The standard InChI is InChI=1S/C58H69FN12O5/c1-37(2)70-36-61-48-33-47(63-54(53(48)70)62-46-9-5-4-8-45(46)59)39-10-13-44-49(30-39)71(42-31-41(32-42)66-20-6-3-7-21-66)57(76)58(44)18-24-69(25-19-58)56(75)38-16-22-68(23-17-38)52(73)35-65-26-28-67(29-27-65)50-14-11-40(34-60-50)43-12-15-51(72)64-55(43)74/h4-5,8-11,13-14,30,33-34,36-38,41-43H,3,6-7,12,15-29,31-32,35H2,1-2H3,(H,62,63)(H,64,72,74)/t41?,42?,43-/m1/s1. The normalized spacial score (nSPS) is 23.6. The zero-order valence-electron chi connectivity index (χ0n) is 43.8. The van der Waals surface area contributed by atoms with Crippen molar-refractivity contribution in [2.45, 2.75) is 114 Å². The molecule has 0 unspecified atom stereocenters. The number of nitrogens with zero attached hydrogens (tertiary/aromatic N) is 10. The first-order chi connectivity index (χ1) is 36.9. The van der Waals surface area contributed by atoms with Crippen molar-refractivity contribution in [2.75, 3.05) is 87.1 Å². The summed E-state index contributed by atoms with van der Waals surface area (Å²) in [6.07, 6.45) is 12.3. The van der Waals surface area contributed by atoms with Crippen LogP contribution in [0.5, 0.6) is 0 Å². The van der Waals surface area contributed by atoms with E-state index < -0.39 is 5.41 Å². The number of carbonyl (C=O) groups is 5. The fourth-order valence-electron chi connectivity index (χ4n) is 13.3. The molecule has 0 radical (unpaired) electrons. The van der Waals surface area contributed by atoms with Crippen LogP contribution in [0.1, 0.15) is 108 Å². The van der Waals surface area contributed by atoms with Crippen LogP contribution in [0.3, 0.4) is 0 Å². The molecule has 5 aromatic rings. The van der Waals surface area contributed by atoms with Gasteiger partial charge in [0.25, 0.3) is 0 Å². The minimum atomic E-state index is -0.744. The molecule has 398 valence electrons. The van der Waals surface area contributed by atoms with Crippen molar-refractivity contribution in [3.05, 3.63) is 90.1 Å². The van der Waals surface area contributed by atoms with Crippen LogP contribution < -0.4 is 20.4 Å². The second-order valence-electron chi connectivity index (χ2n) is 22.6. The van der Waals surface area contributed by atoms with E-state index in [0.717, 1.165) is 91.3 Å². The first kappa shape index (κ1) is 50.1. The number of aromatic nitrogens is 4. The zero-order chi connectivity index (χ0) is 52.2. The molecular formula is C58H69FN12O5. The number of hydrogen-bond acceptors (Lipinski definition) is 12. The predicted molar refractivity (Wildman–Crippen MR) is 288 cm³/mol. The number of piperazine rings is 1. The lowest BCUT2D eigenvalue weighted by atomic mass is 9.73. The van der Waals surface area contributed by atoms with Crippen LogP contribution in [0.25, 0.3) is 22.3 Å². The van der Waals surface area contributed by atoms with Gasteiger partial charge >= 0.3 is 0 Å². The fourth-order valence-corrected chi connectivity index (χ4v) is 13.3. The number of likely N-dealkylation sites (tertiary alicyclic amines) is 3. The van der Waals surface area contributed by atoms with Crippen molar-refractivity contribution in [1.82, 2.24) is 44.4 Å². The Balaban J connectivity index is 0.697. The molecule has 17 nitrogen and oxygen atoms in total. The third-order valence-electron chi connectivity index (χ3n) is 17.9. The summed E-state index contributed by atoms with van der Waals surface area (Å²) >= 11 is 0. The number of hydrogen-bond donors (Lipinski definition) is 2. The van der Waals surface area contributed by atoms with Crippen LogP contribution in [-0.2, 0) is 29.4 Å². The van der Waals surface area contributed by atoms with Crippen molar-refractivity contribution in [1.29, 1.82) is 0 Å². The third-order valence-corrected chi connectivity index (χ3v) is 17.9. The molecule has 1 spiro atoms. The highest BCUT2D eigenvalue weighted by molar-refractivity contribution is 6.09. The molecular weight excluding hydrogens is 964 g/mol. The molecule has 1 atom stereocenters. The van der Waals surface area contributed by atoms with Gasteiger partial charge in [0.1, 0.15) is 17.2 Å². The Morgan fingerprint density at radius 3 is 2.29 bits per heavy atom. The lowest BCUT2D eigenvalue weighted by Crippen LogP contribution is -2.58.